The third-order valence-electron chi connectivity index (χ3n) is 5.39. The zero-order chi connectivity index (χ0) is 22.5. The molecule has 2 heterocycles. The van der Waals surface area contributed by atoms with E-state index in [1.165, 1.54) is 10.8 Å². The Kier molecular flexibility index (Phi) is 7.41. The van der Waals surface area contributed by atoms with Crippen LogP contribution >= 0.6 is 0 Å². The summed E-state index contributed by atoms with van der Waals surface area (Å²) < 4.78 is 16.2. The molecule has 1 aromatic heterocycles. The highest BCUT2D eigenvalue weighted by molar-refractivity contribution is 5.98. The fourth-order valence-corrected chi connectivity index (χ4v) is 3.79. The first kappa shape index (κ1) is 22.9. The fourth-order valence-electron chi connectivity index (χ4n) is 3.79. The topological polar surface area (TPSA) is 65.7 Å². The van der Waals surface area contributed by atoms with Gasteiger partial charge < -0.3 is 10.4 Å². The van der Waals surface area contributed by atoms with Gasteiger partial charge in [0.2, 0.25) is 0 Å². The minimum atomic E-state index is -0.474. The summed E-state index contributed by atoms with van der Waals surface area (Å²) in [7, 11) is 0. The van der Waals surface area contributed by atoms with Crippen LogP contribution in [-0.2, 0) is 6.54 Å². The van der Waals surface area contributed by atoms with Crippen LogP contribution < -0.4 is 5.32 Å². The Balaban J connectivity index is 1.81. The van der Waals surface area contributed by atoms with Gasteiger partial charge in [0.1, 0.15) is 5.82 Å². The van der Waals surface area contributed by atoms with Gasteiger partial charge in [0.05, 0.1) is 11.8 Å². The molecule has 0 aliphatic carbocycles. The SMILES string of the molecule is C=C(N=C(/C(F)=C\C)n1cc(CN2CCC(O)CC2)c(C)n1)Nc1cc(C)cc(C)c1. The Hall–Kier alpha value is -2.77. The van der Waals surface area contributed by atoms with Crippen molar-refractivity contribution >= 4 is 11.5 Å². The maximum absolute atomic E-state index is 14.7. The molecule has 31 heavy (non-hydrogen) atoms. The molecule has 1 saturated heterocycles. The largest absolute Gasteiger partial charge is 0.393 e. The molecular weight excluding hydrogens is 393 g/mol. The number of nitrogens with zero attached hydrogens (tertiary/aromatic N) is 4. The summed E-state index contributed by atoms with van der Waals surface area (Å²) >= 11 is 0. The first-order valence-corrected chi connectivity index (χ1v) is 10.7. The number of hydrogen-bond donors (Lipinski definition) is 2. The summed E-state index contributed by atoms with van der Waals surface area (Å²) in [5, 5.41) is 17.4. The number of aliphatic hydroxyl groups is 1. The second-order valence-electron chi connectivity index (χ2n) is 8.21. The summed E-state index contributed by atoms with van der Waals surface area (Å²) in [6.07, 6.45) is 4.53. The molecule has 6 nitrogen and oxygen atoms in total. The zero-order valence-electron chi connectivity index (χ0n) is 18.8. The van der Waals surface area contributed by atoms with E-state index in [2.05, 4.69) is 33.0 Å². The molecule has 7 heteroatoms. The number of rotatable bonds is 6. The van der Waals surface area contributed by atoms with Crippen LogP contribution in [-0.4, -0.2) is 44.8 Å². The minimum Gasteiger partial charge on any atom is -0.393 e. The van der Waals surface area contributed by atoms with E-state index in [1.807, 2.05) is 39.1 Å². The number of nitrogens with one attached hydrogen (secondary N) is 1. The number of halogens is 1. The summed E-state index contributed by atoms with van der Waals surface area (Å²) in [4.78, 5) is 6.69. The minimum absolute atomic E-state index is 0.0905. The molecule has 0 atom stereocenters. The quantitative estimate of drug-likeness (QED) is 0.529. The van der Waals surface area contributed by atoms with Crippen molar-refractivity contribution in [1.82, 2.24) is 14.7 Å². The molecule has 1 fully saturated rings. The van der Waals surface area contributed by atoms with E-state index in [0.29, 0.717) is 12.4 Å². The highest BCUT2D eigenvalue weighted by Crippen LogP contribution is 2.19. The molecule has 1 aliphatic heterocycles. The second kappa shape index (κ2) is 10.0. The highest BCUT2D eigenvalue weighted by atomic mass is 19.1. The summed E-state index contributed by atoms with van der Waals surface area (Å²) in [6, 6.07) is 6.06. The van der Waals surface area contributed by atoms with Crippen molar-refractivity contribution in [1.29, 1.82) is 0 Å². The van der Waals surface area contributed by atoms with Gasteiger partial charge in [0.15, 0.2) is 11.7 Å². The molecule has 2 aromatic rings. The summed E-state index contributed by atoms with van der Waals surface area (Å²) in [5.74, 6) is -0.0527. The van der Waals surface area contributed by atoms with Crippen molar-refractivity contribution in [2.45, 2.75) is 53.2 Å². The van der Waals surface area contributed by atoms with Gasteiger partial charge in [-0.05, 0) is 69.9 Å². The van der Waals surface area contributed by atoms with Crippen LogP contribution in [0.1, 0.15) is 42.1 Å². The molecule has 1 aromatic carbocycles. The van der Waals surface area contributed by atoms with Crippen LogP contribution in [0.25, 0.3) is 0 Å². The van der Waals surface area contributed by atoms with Gasteiger partial charge in [-0.2, -0.15) is 5.10 Å². The lowest BCUT2D eigenvalue weighted by molar-refractivity contribution is 0.0791. The van der Waals surface area contributed by atoms with Crippen molar-refractivity contribution in [3.63, 3.8) is 0 Å². The van der Waals surface area contributed by atoms with Crippen LogP contribution in [0.5, 0.6) is 0 Å². The fraction of sp³-hybridized carbons (Fsp3) is 0.417. The number of allylic oxidation sites excluding steroid dienone is 2. The normalized spacial score (nSPS) is 16.6. The first-order valence-electron chi connectivity index (χ1n) is 10.7. The van der Waals surface area contributed by atoms with E-state index in [4.69, 9.17) is 0 Å². The van der Waals surface area contributed by atoms with E-state index in [-0.39, 0.29) is 11.9 Å². The van der Waals surface area contributed by atoms with Gasteiger partial charge >= 0.3 is 0 Å². The van der Waals surface area contributed by atoms with E-state index < -0.39 is 5.83 Å². The lowest BCUT2D eigenvalue weighted by Crippen LogP contribution is -2.35. The van der Waals surface area contributed by atoms with Crippen molar-refractivity contribution in [3.8, 4) is 0 Å². The monoisotopic (exact) mass is 425 g/mol. The predicted molar refractivity (Wildman–Crippen MR) is 124 cm³/mol. The average molecular weight is 426 g/mol. The molecule has 2 N–H and O–H groups in total. The Morgan fingerprint density at radius 3 is 2.52 bits per heavy atom. The Morgan fingerprint density at radius 1 is 1.26 bits per heavy atom. The van der Waals surface area contributed by atoms with Gasteiger partial charge in [-0.25, -0.2) is 14.1 Å². The van der Waals surface area contributed by atoms with E-state index in [0.717, 1.165) is 54.0 Å². The van der Waals surface area contributed by atoms with Crippen LogP contribution in [0.4, 0.5) is 10.1 Å². The second-order valence-corrected chi connectivity index (χ2v) is 8.21. The lowest BCUT2D eigenvalue weighted by Gasteiger charge is -2.29. The van der Waals surface area contributed by atoms with Gasteiger partial charge in [-0.1, -0.05) is 12.6 Å². The van der Waals surface area contributed by atoms with Crippen LogP contribution in [0, 0.1) is 20.8 Å². The summed E-state index contributed by atoms with van der Waals surface area (Å²) in [6.45, 7) is 13.9. The number of aliphatic imine (C=N–C) groups is 1. The zero-order valence-corrected chi connectivity index (χ0v) is 18.8. The molecule has 3 rings (SSSR count). The number of anilines is 1. The summed E-state index contributed by atoms with van der Waals surface area (Å²) in [5.41, 5.74) is 4.95. The Labute approximate surface area is 183 Å². The third-order valence-corrected chi connectivity index (χ3v) is 5.39. The molecule has 0 saturated carbocycles. The number of benzene rings is 1. The maximum Gasteiger partial charge on any atom is 0.191 e. The van der Waals surface area contributed by atoms with Gasteiger partial charge in [-0.15, -0.1) is 0 Å². The Morgan fingerprint density at radius 2 is 1.90 bits per heavy atom. The molecule has 0 spiro atoms. The number of aryl methyl sites for hydroxylation is 3. The van der Waals surface area contributed by atoms with E-state index >= 15 is 0 Å². The number of aromatic nitrogens is 2. The van der Waals surface area contributed by atoms with E-state index in [9.17, 15) is 9.50 Å². The molecule has 0 unspecified atom stereocenters. The van der Waals surface area contributed by atoms with Crippen LogP contribution in [0.3, 0.4) is 0 Å². The average Bonchev–Trinajstić information content (AvgIpc) is 3.06. The smallest absolute Gasteiger partial charge is 0.191 e. The highest BCUT2D eigenvalue weighted by Gasteiger charge is 2.20. The first-order chi connectivity index (χ1) is 14.7. The van der Waals surface area contributed by atoms with Crippen molar-refractivity contribution < 1.29 is 9.50 Å². The molecule has 166 valence electrons. The molecule has 0 radical (unpaired) electrons. The van der Waals surface area contributed by atoms with Gasteiger partial charge in [0.25, 0.3) is 0 Å². The Bertz CT molecular complexity index is 979. The third kappa shape index (κ3) is 6.12. The van der Waals surface area contributed by atoms with Crippen LogP contribution in [0.15, 0.2) is 53.7 Å². The van der Waals surface area contributed by atoms with Crippen molar-refractivity contribution in [3.05, 3.63) is 71.1 Å². The number of aliphatic hydroxyl groups excluding tert-OH is 1. The van der Waals surface area contributed by atoms with E-state index in [1.54, 1.807) is 6.92 Å². The van der Waals surface area contributed by atoms with Crippen LogP contribution in [0.2, 0.25) is 0 Å². The molecule has 1 aliphatic rings. The van der Waals surface area contributed by atoms with Gasteiger partial charge in [-0.3, -0.25) is 4.90 Å². The molecule has 0 amide bonds. The van der Waals surface area contributed by atoms with Crippen molar-refractivity contribution in [2.24, 2.45) is 4.99 Å². The molecule has 0 bridgehead atoms. The van der Waals surface area contributed by atoms with Gasteiger partial charge in [0, 0.05) is 37.1 Å². The van der Waals surface area contributed by atoms with Crippen molar-refractivity contribution in [2.75, 3.05) is 18.4 Å². The number of hydrogen-bond acceptors (Lipinski definition) is 5. The number of piperidine rings is 1. The molecular formula is C24H32FN5O. The predicted octanol–water partition coefficient (Wildman–Crippen LogP) is 4.47. The number of likely N-dealkylation sites (tertiary alicyclic amines) is 1. The maximum atomic E-state index is 14.7. The standard InChI is InChI=1S/C24H32FN5O/c1-6-23(25)24(27-19(5)26-21-12-16(2)11-17(3)13-21)30-15-20(18(4)28-30)14-29-9-7-22(31)8-10-29/h6,11-13,15,22,26,31H,5,7-10,14H2,1-4H3/b23-6+,27-24?. The lowest BCUT2D eigenvalue weighted by atomic mass is 10.1.